The van der Waals surface area contributed by atoms with Gasteiger partial charge >= 0.3 is 0 Å². The monoisotopic (exact) mass is 315 g/mol. The molecule has 1 heterocycles. The number of hydrogen-bond acceptors (Lipinski definition) is 3. The van der Waals surface area contributed by atoms with Crippen molar-refractivity contribution in [2.24, 2.45) is 5.92 Å². The van der Waals surface area contributed by atoms with Gasteiger partial charge in [-0.3, -0.25) is 9.89 Å². The number of carbonyl (C=O) groups is 1. The Hall–Kier alpha value is -2.14. The molecular formula is C18H25N3O2. The molecule has 5 heteroatoms. The van der Waals surface area contributed by atoms with Gasteiger partial charge in [-0.25, -0.2) is 0 Å². The molecule has 1 aromatic heterocycles. The molecule has 2 atom stereocenters. The van der Waals surface area contributed by atoms with Crippen LogP contribution in [-0.4, -0.2) is 27.8 Å². The molecule has 2 rings (SSSR count). The summed E-state index contributed by atoms with van der Waals surface area (Å²) < 4.78 is 0. The first kappa shape index (κ1) is 17.2. The van der Waals surface area contributed by atoms with Crippen molar-refractivity contribution in [1.82, 2.24) is 15.5 Å². The second-order valence-electron chi connectivity index (χ2n) is 6.19. The number of benzene rings is 1. The molecule has 2 unspecified atom stereocenters. The summed E-state index contributed by atoms with van der Waals surface area (Å²) in [5.41, 5.74) is 4.98. The van der Waals surface area contributed by atoms with Crippen molar-refractivity contribution in [2.45, 2.75) is 40.2 Å². The van der Waals surface area contributed by atoms with Crippen LogP contribution in [-0.2, 0) is 11.2 Å². The summed E-state index contributed by atoms with van der Waals surface area (Å²) in [7, 11) is 0. The standard InChI is InChI=1S/C18H25N3O2/c1-11-5-7-15(8-6-11)17(22)10-19-18(23)12(2)9-16-13(3)20-21-14(16)4/h5-8,12,17,22H,9-10H2,1-4H3,(H,19,23)(H,20,21). The highest BCUT2D eigenvalue weighted by atomic mass is 16.3. The Balaban J connectivity index is 1.87. The minimum absolute atomic E-state index is 0.0591. The number of rotatable bonds is 6. The summed E-state index contributed by atoms with van der Waals surface area (Å²) >= 11 is 0. The lowest BCUT2D eigenvalue weighted by atomic mass is 9.98. The number of aliphatic hydroxyl groups is 1. The molecule has 0 aliphatic carbocycles. The topological polar surface area (TPSA) is 78.0 Å². The van der Waals surface area contributed by atoms with Crippen molar-refractivity contribution < 1.29 is 9.90 Å². The smallest absolute Gasteiger partial charge is 0.223 e. The predicted octanol–water partition coefficient (Wildman–Crippen LogP) is 2.36. The van der Waals surface area contributed by atoms with E-state index in [0.29, 0.717) is 6.42 Å². The molecule has 2 aromatic rings. The summed E-state index contributed by atoms with van der Waals surface area (Å²) in [6, 6.07) is 7.67. The van der Waals surface area contributed by atoms with Gasteiger partial charge < -0.3 is 10.4 Å². The van der Waals surface area contributed by atoms with Crippen LogP contribution in [0.2, 0.25) is 0 Å². The lowest BCUT2D eigenvalue weighted by molar-refractivity contribution is -0.124. The first-order valence-electron chi connectivity index (χ1n) is 7.91. The van der Waals surface area contributed by atoms with E-state index in [0.717, 1.165) is 28.1 Å². The van der Waals surface area contributed by atoms with Crippen LogP contribution < -0.4 is 5.32 Å². The molecule has 0 aliphatic heterocycles. The van der Waals surface area contributed by atoms with Gasteiger partial charge in [0.2, 0.25) is 5.91 Å². The van der Waals surface area contributed by atoms with Gasteiger partial charge in [0.15, 0.2) is 0 Å². The maximum atomic E-state index is 12.2. The van der Waals surface area contributed by atoms with E-state index in [-0.39, 0.29) is 18.4 Å². The van der Waals surface area contributed by atoms with E-state index in [4.69, 9.17) is 0 Å². The highest BCUT2D eigenvalue weighted by molar-refractivity contribution is 5.78. The first-order chi connectivity index (χ1) is 10.9. The number of carbonyl (C=O) groups excluding carboxylic acids is 1. The molecule has 23 heavy (non-hydrogen) atoms. The number of aryl methyl sites for hydroxylation is 3. The van der Waals surface area contributed by atoms with Crippen molar-refractivity contribution in [2.75, 3.05) is 6.54 Å². The molecule has 0 saturated carbocycles. The van der Waals surface area contributed by atoms with Crippen LogP contribution in [0.15, 0.2) is 24.3 Å². The molecule has 3 N–H and O–H groups in total. The molecule has 0 fully saturated rings. The first-order valence-corrected chi connectivity index (χ1v) is 7.91. The Morgan fingerprint density at radius 1 is 1.26 bits per heavy atom. The van der Waals surface area contributed by atoms with E-state index in [9.17, 15) is 9.90 Å². The van der Waals surface area contributed by atoms with Crippen molar-refractivity contribution in [1.29, 1.82) is 0 Å². The normalized spacial score (nSPS) is 13.6. The summed E-state index contributed by atoms with van der Waals surface area (Å²) in [6.45, 7) is 8.00. The van der Waals surface area contributed by atoms with E-state index in [1.54, 1.807) is 0 Å². The van der Waals surface area contributed by atoms with Gasteiger partial charge in [-0.1, -0.05) is 36.8 Å². The van der Waals surface area contributed by atoms with Gasteiger partial charge in [0, 0.05) is 18.2 Å². The number of nitrogens with zero attached hydrogens (tertiary/aromatic N) is 1. The fraction of sp³-hybridized carbons (Fsp3) is 0.444. The second-order valence-corrected chi connectivity index (χ2v) is 6.19. The lowest BCUT2D eigenvalue weighted by Gasteiger charge is -2.16. The van der Waals surface area contributed by atoms with Crippen molar-refractivity contribution in [3.8, 4) is 0 Å². The minimum atomic E-state index is -0.691. The number of H-pyrrole nitrogens is 1. The van der Waals surface area contributed by atoms with E-state index in [1.807, 2.05) is 52.0 Å². The predicted molar refractivity (Wildman–Crippen MR) is 90.1 cm³/mol. The SMILES string of the molecule is Cc1ccc(C(O)CNC(=O)C(C)Cc2c(C)n[nH]c2C)cc1. The Morgan fingerprint density at radius 2 is 1.91 bits per heavy atom. The third-order valence-corrected chi connectivity index (χ3v) is 4.17. The van der Waals surface area contributed by atoms with Crippen LogP contribution in [0.5, 0.6) is 0 Å². The molecule has 1 amide bonds. The number of nitrogens with one attached hydrogen (secondary N) is 2. The van der Waals surface area contributed by atoms with Crippen LogP contribution in [0.25, 0.3) is 0 Å². The van der Waals surface area contributed by atoms with Gasteiger partial charge in [0.25, 0.3) is 0 Å². The maximum Gasteiger partial charge on any atom is 0.223 e. The minimum Gasteiger partial charge on any atom is -0.387 e. The van der Waals surface area contributed by atoms with Crippen molar-refractivity contribution in [3.63, 3.8) is 0 Å². The molecule has 0 saturated heterocycles. The van der Waals surface area contributed by atoms with E-state index in [2.05, 4.69) is 15.5 Å². The zero-order valence-corrected chi connectivity index (χ0v) is 14.2. The van der Waals surface area contributed by atoms with E-state index >= 15 is 0 Å². The number of aromatic amines is 1. The largest absolute Gasteiger partial charge is 0.387 e. The van der Waals surface area contributed by atoms with Gasteiger partial charge in [0.05, 0.1) is 11.8 Å². The summed E-state index contributed by atoms with van der Waals surface area (Å²) in [5.74, 6) is -0.230. The lowest BCUT2D eigenvalue weighted by Crippen LogP contribution is -2.33. The zero-order chi connectivity index (χ0) is 17.0. The van der Waals surface area contributed by atoms with Crippen LogP contribution in [0.1, 0.15) is 41.1 Å². The fourth-order valence-corrected chi connectivity index (χ4v) is 2.55. The van der Waals surface area contributed by atoms with Gasteiger partial charge in [0.1, 0.15) is 0 Å². The Morgan fingerprint density at radius 3 is 2.48 bits per heavy atom. The number of aliphatic hydroxyl groups excluding tert-OH is 1. The quantitative estimate of drug-likeness (QED) is 0.766. The number of amides is 1. The number of aromatic nitrogens is 2. The Labute approximate surface area is 137 Å². The molecule has 124 valence electrons. The number of hydrogen-bond donors (Lipinski definition) is 3. The van der Waals surface area contributed by atoms with Crippen LogP contribution in [0.3, 0.4) is 0 Å². The van der Waals surface area contributed by atoms with Crippen LogP contribution in [0.4, 0.5) is 0 Å². The van der Waals surface area contributed by atoms with Gasteiger partial charge in [-0.15, -0.1) is 0 Å². The zero-order valence-electron chi connectivity index (χ0n) is 14.2. The van der Waals surface area contributed by atoms with Crippen molar-refractivity contribution in [3.05, 3.63) is 52.3 Å². The van der Waals surface area contributed by atoms with Gasteiger partial charge in [-0.05, 0) is 38.3 Å². The average Bonchev–Trinajstić information content (AvgIpc) is 2.84. The molecule has 0 aliphatic rings. The third kappa shape index (κ3) is 4.42. The molecule has 0 radical (unpaired) electrons. The Bertz CT molecular complexity index is 642. The highest BCUT2D eigenvalue weighted by Crippen LogP contribution is 2.16. The fourth-order valence-electron chi connectivity index (χ4n) is 2.55. The van der Waals surface area contributed by atoms with E-state index in [1.165, 1.54) is 0 Å². The van der Waals surface area contributed by atoms with Crippen LogP contribution >= 0.6 is 0 Å². The summed E-state index contributed by atoms with van der Waals surface area (Å²) in [4.78, 5) is 12.2. The van der Waals surface area contributed by atoms with Crippen LogP contribution in [0, 0.1) is 26.7 Å². The second kappa shape index (κ2) is 7.42. The molecule has 1 aromatic carbocycles. The molecule has 0 bridgehead atoms. The summed E-state index contributed by atoms with van der Waals surface area (Å²) in [5, 5.41) is 20.1. The Kier molecular flexibility index (Phi) is 5.55. The molecule has 5 nitrogen and oxygen atoms in total. The highest BCUT2D eigenvalue weighted by Gasteiger charge is 2.18. The molecule has 0 spiro atoms. The summed E-state index contributed by atoms with van der Waals surface area (Å²) in [6.07, 6.45) is -0.0511. The molecular weight excluding hydrogens is 290 g/mol. The van der Waals surface area contributed by atoms with E-state index < -0.39 is 6.10 Å². The average molecular weight is 315 g/mol. The maximum absolute atomic E-state index is 12.2. The van der Waals surface area contributed by atoms with Crippen molar-refractivity contribution >= 4 is 5.91 Å². The third-order valence-electron chi connectivity index (χ3n) is 4.17. The van der Waals surface area contributed by atoms with Gasteiger partial charge in [-0.2, -0.15) is 5.10 Å².